The molecule has 0 aliphatic carbocycles. The van der Waals surface area contributed by atoms with Gasteiger partial charge in [-0.2, -0.15) is 11.3 Å². The van der Waals surface area contributed by atoms with Crippen LogP contribution in [0.4, 0.5) is 0 Å². The Hall–Kier alpha value is -0.920. The van der Waals surface area contributed by atoms with Crippen molar-refractivity contribution >= 4 is 27.1 Å². The highest BCUT2D eigenvalue weighted by molar-refractivity contribution is 7.91. The first-order valence-corrected chi connectivity index (χ1v) is 8.40. The second-order valence-electron chi connectivity index (χ2n) is 4.49. The Morgan fingerprint density at radius 2 is 2.33 bits per heavy atom. The van der Waals surface area contributed by atoms with Crippen LogP contribution in [0.3, 0.4) is 0 Å². The van der Waals surface area contributed by atoms with Crippen molar-refractivity contribution in [3.8, 4) is 0 Å². The van der Waals surface area contributed by atoms with E-state index in [1.807, 2.05) is 16.8 Å². The summed E-state index contributed by atoms with van der Waals surface area (Å²) < 4.78 is 22.9. The number of carboxylic acids is 1. The molecule has 0 bridgehead atoms. The first-order valence-electron chi connectivity index (χ1n) is 5.63. The summed E-state index contributed by atoms with van der Waals surface area (Å²) >= 11 is 1.55. The molecule has 0 aromatic carbocycles. The third-order valence-electron chi connectivity index (χ3n) is 3.03. The molecule has 18 heavy (non-hydrogen) atoms. The van der Waals surface area contributed by atoms with Crippen LogP contribution in [0.5, 0.6) is 0 Å². The minimum absolute atomic E-state index is 0.0738. The summed E-state index contributed by atoms with van der Waals surface area (Å²) in [6, 6.07) is 1.76. The molecule has 100 valence electrons. The van der Waals surface area contributed by atoms with E-state index < -0.39 is 15.8 Å². The molecule has 7 heteroatoms. The molecule has 1 unspecified atom stereocenters. The maximum Gasteiger partial charge on any atom is 0.317 e. The molecule has 2 rings (SSSR count). The summed E-state index contributed by atoms with van der Waals surface area (Å²) in [6.07, 6.45) is 0.528. The number of hydrogen-bond acceptors (Lipinski definition) is 5. The zero-order valence-electron chi connectivity index (χ0n) is 9.78. The first-order chi connectivity index (χ1) is 8.46. The molecule has 0 saturated carbocycles. The smallest absolute Gasteiger partial charge is 0.317 e. The Kier molecular flexibility index (Phi) is 4.04. The van der Waals surface area contributed by atoms with Crippen LogP contribution in [0.1, 0.15) is 12.0 Å². The van der Waals surface area contributed by atoms with E-state index in [0.29, 0.717) is 13.0 Å². The minimum atomic E-state index is -2.99. The second kappa shape index (κ2) is 5.38. The third-order valence-corrected chi connectivity index (χ3v) is 5.51. The summed E-state index contributed by atoms with van der Waals surface area (Å²) in [5.41, 5.74) is 1.03. The quantitative estimate of drug-likeness (QED) is 0.868. The van der Waals surface area contributed by atoms with Crippen LogP contribution in [-0.2, 0) is 21.2 Å². The van der Waals surface area contributed by atoms with Crippen molar-refractivity contribution in [2.45, 2.75) is 19.0 Å². The Balaban J connectivity index is 2.08. The summed E-state index contributed by atoms with van der Waals surface area (Å²) in [7, 11) is -2.99. The lowest BCUT2D eigenvalue weighted by Crippen LogP contribution is -2.39. The fourth-order valence-electron chi connectivity index (χ4n) is 2.17. The topological polar surface area (TPSA) is 74.7 Å². The SMILES string of the molecule is O=C(O)CN(Cc1ccsc1)C1CCS(=O)(=O)C1. The van der Waals surface area contributed by atoms with Crippen molar-refractivity contribution in [3.63, 3.8) is 0 Å². The van der Waals surface area contributed by atoms with E-state index in [9.17, 15) is 13.2 Å². The monoisotopic (exact) mass is 289 g/mol. The molecule has 1 aromatic rings. The van der Waals surface area contributed by atoms with E-state index in [1.54, 1.807) is 16.2 Å². The van der Waals surface area contributed by atoms with E-state index >= 15 is 0 Å². The molecular formula is C11H15NO4S2. The van der Waals surface area contributed by atoms with Crippen LogP contribution in [0.15, 0.2) is 16.8 Å². The maximum atomic E-state index is 11.5. The van der Waals surface area contributed by atoms with E-state index in [0.717, 1.165) is 5.56 Å². The van der Waals surface area contributed by atoms with Gasteiger partial charge in [0, 0.05) is 12.6 Å². The fourth-order valence-corrected chi connectivity index (χ4v) is 4.59. The normalized spacial score (nSPS) is 22.4. The number of carboxylic acid groups (broad SMARTS) is 1. The molecule has 1 fully saturated rings. The van der Waals surface area contributed by atoms with E-state index in [-0.39, 0.29) is 24.1 Å². The van der Waals surface area contributed by atoms with Crippen molar-refractivity contribution < 1.29 is 18.3 Å². The third kappa shape index (κ3) is 3.54. The molecule has 1 aromatic heterocycles. The lowest BCUT2D eigenvalue weighted by Gasteiger charge is -2.25. The van der Waals surface area contributed by atoms with E-state index in [2.05, 4.69) is 0 Å². The van der Waals surface area contributed by atoms with Gasteiger partial charge in [-0.25, -0.2) is 8.42 Å². The van der Waals surface area contributed by atoms with Gasteiger partial charge in [0.15, 0.2) is 9.84 Å². The predicted octanol–water partition coefficient (Wildman–Crippen LogP) is 0.822. The van der Waals surface area contributed by atoms with Crippen molar-refractivity contribution in [2.24, 2.45) is 0 Å². The number of carbonyl (C=O) groups is 1. The molecule has 2 heterocycles. The number of nitrogens with zero attached hydrogens (tertiary/aromatic N) is 1. The van der Waals surface area contributed by atoms with E-state index in [4.69, 9.17) is 5.11 Å². The molecule has 1 aliphatic heterocycles. The number of aliphatic carboxylic acids is 1. The van der Waals surface area contributed by atoms with Crippen molar-refractivity contribution in [2.75, 3.05) is 18.1 Å². The van der Waals surface area contributed by atoms with Gasteiger partial charge < -0.3 is 5.11 Å². The lowest BCUT2D eigenvalue weighted by molar-refractivity contribution is -0.139. The average molecular weight is 289 g/mol. The molecule has 1 aliphatic rings. The second-order valence-corrected chi connectivity index (χ2v) is 7.50. The number of thiophene rings is 1. The standard InChI is InChI=1S/C11H15NO4S2/c13-11(14)6-12(5-9-1-3-17-7-9)10-2-4-18(15,16)8-10/h1,3,7,10H,2,4-6,8H2,(H,13,14). The van der Waals surface area contributed by atoms with Gasteiger partial charge in [-0.15, -0.1) is 0 Å². The van der Waals surface area contributed by atoms with Gasteiger partial charge in [0.1, 0.15) is 0 Å². The van der Waals surface area contributed by atoms with Gasteiger partial charge in [0.2, 0.25) is 0 Å². The fraction of sp³-hybridized carbons (Fsp3) is 0.545. The van der Waals surface area contributed by atoms with Gasteiger partial charge in [-0.1, -0.05) is 0 Å². The maximum absolute atomic E-state index is 11.5. The minimum Gasteiger partial charge on any atom is -0.480 e. The Morgan fingerprint density at radius 3 is 2.83 bits per heavy atom. The Bertz CT molecular complexity index is 509. The molecule has 1 atom stereocenters. The number of rotatable bonds is 5. The summed E-state index contributed by atoms with van der Waals surface area (Å²) in [5.74, 6) is -0.684. The van der Waals surface area contributed by atoms with Crippen LogP contribution in [0.2, 0.25) is 0 Å². The zero-order chi connectivity index (χ0) is 13.2. The highest BCUT2D eigenvalue weighted by Crippen LogP contribution is 2.20. The largest absolute Gasteiger partial charge is 0.480 e. The van der Waals surface area contributed by atoms with Crippen molar-refractivity contribution in [3.05, 3.63) is 22.4 Å². The van der Waals surface area contributed by atoms with Gasteiger partial charge >= 0.3 is 5.97 Å². The molecule has 0 amide bonds. The molecule has 0 spiro atoms. The Morgan fingerprint density at radius 1 is 1.56 bits per heavy atom. The molecule has 1 saturated heterocycles. The lowest BCUT2D eigenvalue weighted by atomic mass is 10.2. The van der Waals surface area contributed by atoms with Gasteiger partial charge in [-0.05, 0) is 28.8 Å². The summed E-state index contributed by atoms with van der Waals surface area (Å²) in [6.45, 7) is 0.381. The van der Waals surface area contributed by atoms with Crippen molar-refractivity contribution in [1.82, 2.24) is 4.90 Å². The number of sulfone groups is 1. The van der Waals surface area contributed by atoms with Crippen LogP contribution < -0.4 is 0 Å². The highest BCUT2D eigenvalue weighted by atomic mass is 32.2. The average Bonchev–Trinajstić information content (AvgIpc) is 2.86. The summed E-state index contributed by atoms with van der Waals surface area (Å²) in [5, 5.41) is 12.8. The van der Waals surface area contributed by atoms with E-state index in [1.165, 1.54) is 0 Å². The number of hydrogen-bond donors (Lipinski definition) is 1. The highest BCUT2D eigenvalue weighted by Gasteiger charge is 2.33. The van der Waals surface area contributed by atoms with Crippen LogP contribution in [0.25, 0.3) is 0 Å². The van der Waals surface area contributed by atoms with Gasteiger partial charge in [0.25, 0.3) is 0 Å². The van der Waals surface area contributed by atoms with Gasteiger partial charge in [-0.3, -0.25) is 9.69 Å². The Labute approximate surface area is 110 Å². The van der Waals surface area contributed by atoms with Crippen LogP contribution >= 0.6 is 11.3 Å². The first kappa shape index (κ1) is 13.5. The molecule has 0 radical (unpaired) electrons. The van der Waals surface area contributed by atoms with Crippen LogP contribution in [0, 0.1) is 0 Å². The van der Waals surface area contributed by atoms with Crippen molar-refractivity contribution in [1.29, 1.82) is 0 Å². The van der Waals surface area contributed by atoms with Crippen LogP contribution in [-0.4, -0.2) is 48.5 Å². The van der Waals surface area contributed by atoms with Gasteiger partial charge in [0.05, 0.1) is 18.1 Å². The molecule has 5 nitrogen and oxygen atoms in total. The molecule has 1 N–H and O–H groups in total. The summed E-state index contributed by atoms with van der Waals surface area (Å²) in [4.78, 5) is 12.6. The molecular weight excluding hydrogens is 274 g/mol. The zero-order valence-corrected chi connectivity index (χ0v) is 11.4. The predicted molar refractivity (Wildman–Crippen MR) is 69.4 cm³/mol.